The summed E-state index contributed by atoms with van der Waals surface area (Å²) < 4.78 is 2.04. The number of para-hydroxylation sites is 2. The van der Waals surface area contributed by atoms with Crippen LogP contribution in [0.15, 0.2) is 54.9 Å². The molecular formula is C22H22N4O. The van der Waals surface area contributed by atoms with Crippen LogP contribution in [-0.2, 0) is 4.79 Å². The van der Waals surface area contributed by atoms with Gasteiger partial charge in [0, 0.05) is 17.3 Å². The highest BCUT2D eigenvalue weighted by atomic mass is 16.1. The van der Waals surface area contributed by atoms with Gasteiger partial charge in [-0.1, -0.05) is 18.1 Å². The van der Waals surface area contributed by atoms with Gasteiger partial charge < -0.3 is 5.32 Å². The highest BCUT2D eigenvalue weighted by molar-refractivity contribution is 5.92. The Balaban J connectivity index is 1.41. The minimum absolute atomic E-state index is 0.0521. The smallest absolute Gasteiger partial charge is 0.227 e. The number of benzene rings is 2. The van der Waals surface area contributed by atoms with Crippen LogP contribution in [0.25, 0.3) is 16.7 Å². The number of nitrogens with one attached hydrogen (secondary N) is 1. The molecule has 5 nitrogen and oxygen atoms in total. The molecule has 0 spiro atoms. The number of hydrogen-bond donors (Lipinski definition) is 1. The molecule has 5 heteroatoms. The fraction of sp³-hybridized carbons (Fsp3) is 0.273. The van der Waals surface area contributed by atoms with Crippen molar-refractivity contribution >= 4 is 22.6 Å². The first-order valence-corrected chi connectivity index (χ1v) is 9.24. The maximum Gasteiger partial charge on any atom is 0.227 e. The molecule has 136 valence electrons. The van der Waals surface area contributed by atoms with E-state index < -0.39 is 0 Å². The summed E-state index contributed by atoms with van der Waals surface area (Å²) >= 11 is 0. The summed E-state index contributed by atoms with van der Waals surface area (Å²) in [4.78, 5) is 19.2. The van der Waals surface area contributed by atoms with Crippen LogP contribution in [0, 0.1) is 18.3 Å². The summed E-state index contributed by atoms with van der Waals surface area (Å²) in [6, 6.07) is 15.9. The number of nitrogens with zero attached hydrogens (tertiary/aromatic N) is 3. The molecule has 1 aromatic heterocycles. The van der Waals surface area contributed by atoms with E-state index in [2.05, 4.69) is 21.1 Å². The molecule has 1 N–H and O–H groups in total. The molecule has 0 unspecified atom stereocenters. The molecule has 1 fully saturated rings. The summed E-state index contributed by atoms with van der Waals surface area (Å²) in [5.74, 6) is 2.81. The van der Waals surface area contributed by atoms with Gasteiger partial charge in [0.05, 0.1) is 17.6 Å². The first-order valence-electron chi connectivity index (χ1n) is 9.24. The van der Waals surface area contributed by atoms with Gasteiger partial charge in [0.1, 0.15) is 6.33 Å². The zero-order chi connectivity index (χ0) is 18.6. The van der Waals surface area contributed by atoms with Crippen LogP contribution in [0.2, 0.25) is 0 Å². The van der Waals surface area contributed by atoms with Crippen molar-refractivity contribution in [1.82, 2.24) is 14.5 Å². The standard InChI is InChI=1S/C22H22N4O/c1-2-13-25-14-11-17(12-15-25)22(27)24-18-7-9-19(10-8-18)26-16-23-20-5-3-4-6-21(20)26/h1,3-10,16-17H,11-15H2,(H,24,27). The number of terminal acetylenes is 1. The normalized spacial score (nSPS) is 15.5. The molecule has 2 heterocycles. The molecule has 2 aromatic carbocycles. The maximum atomic E-state index is 12.5. The summed E-state index contributed by atoms with van der Waals surface area (Å²) in [6.07, 6.45) is 8.89. The van der Waals surface area contributed by atoms with Crippen LogP contribution >= 0.6 is 0 Å². The summed E-state index contributed by atoms with van der Waals surface area (Å²) in [6.45, 7) is 2.43. The van der Waals surface area contributed by atoms with Crippen molar-refractivity contribution in [1.29, 1.82) is 0 Å². The summed E-state index contributed by atoms with van der Waals surface area (Å²) in [7, 11) is 0. The predicted octanol–water partition coefficient (Wildman–Crippen LogP) is 3.31. The molecule has 1 aliphatic heterocycles. The number of imidazole rings is 1. The van der Waals surface area contributed by atoms with Crippen molar-refractivity contribution in [2.24, 2.45) is 5.92 Å². The lowest BCUT2D eigenvalue weighted by Crippen LogP contribution is -2.38. The Kier molecular flexibility index (Phi) is 4.91. The third-order valence-electron chi connectivity index (χ3n) is 5.14. The Morgan fingerprint density at radius 1 is 1.15 bits per heavy atom. The fourth-order valence-electron chi connectivity index (χ4n) is 3.60. The van der Waals surface area contributed by atoms with Crippen molar-refractivity contribution in [2.45, 2.75) is 12.8 Å². The fourth-order valence-corrected chi connectivity index (χ4v) is 3.60. The average Bonchev–Trinajstić information content (AvgIpc) is 3.13. The Hall–Kier alpha value is -3.10. The second kappa shape index (κ2) is 7.65. The van der Waals surface area contributed by atoms with Gasteiger partial charge in [-0.25, -0.2) is 4.98 Å². The first-order chi connectivity index (χ1) is 13.2. The molecule has 1 aliphatic rings. The van der Waals surface area contributed by atoms with E-state index in [1.165, 1.54) is 0 Å². The van der Waals surface area contributed by atoms with Crippen molar-refractivity contribution in [3.05, 3.63) is 54.9 Å². The molecule has 1 saturated heterocycles. The van der Waals surface area contributed by atoms with Crippen LogP contribution in [0.3, 0.4) is 0 Å². The molecule has 0 atom stereocenters. The third kappa shape index (κ3) is 3.71. The molecular weight excluding hydrogens is 336 g/mol. The molecule has 0 bridgehead atoms. The van der Waals surface area contributed by atoms with Crippen molar-refractivity contribution in [2.75, 3.05) is 25.0 Å². The number of fused-ring (bicyclic) bond motifs is 1. The Morgan fingerprint density at radius 2 is 1.89 bits per heavy atom. The lowest BCUT2D eigenvalue weighted by atomic mass is 9.96. The van der Waals surface area contributed by atoms with E-state index in [1.807, 2.05) is 59.4 Å². The molecule has 0 aliphatic carbocycles. The van der Waals surface area contributed by atoms with Gasteiger partial charge in [0.25, 0.3) is 0 Å². The number of hydrogen-bond acceptors (Lipinski definition) is 3. The van der Waals surface area contributed by atoms with E-state index >= 15 is 0 Å². The zero-order valence-electron chi connectivity index (χ0n) is 15.1. The van der Waals surface area contributed by atoms with E-state index in [0.717, 1.165) is 48.3 Å². The van der Waals surface area contributed by atoms with Gasteiger partial charge >= 0.3 is 0 Å². The second-order valence-corrected chi connectivity index (χ2v) is 6.89. The van der Waals surface area contributed by atoms with E-state index in [0.29, 0.717) is 6.54 Å². The highest BCUT2D eigenvalue weighted by Gasteiger charge is 2.24. The molecule has 1 amide bonds. The monoisotopic (exact) mass is 358 g/mol. The van der Waals surface area contributed by atoms with Gasteiger partial charge in [0.2, 0.25) is 5.91 Å². The topological polar surface area (TPSA) is 50.2 Å². The Bertz CT molecular complexity index is 975. The second-order valence-electron chi connectivity index (χ2n) is 6.89. The Labute approximate surface area is 159 Å². The van der Waals surface area contributed by atoms with E-state index in [1.54, 1.807) is 0 Å². The molecule has 4 rings (SSSR count). The number of carbonyl (C=O) groups is 1. The van der Waals surface area contributed by atoms with Crippen LogP contribution in [0.1, 0.15) is 12.8 Å². The van der Waals surface area contributed by atoms with Gasteiger partial charge in [-0.05, 0) is 62.3 Å². The predicted molar refractivity (Wildman–Crippen MR) is 108 cm³/mol. The SMILES string of the molecule is C#CCN1CCC(C(=O)Nc2ccc(-n3cnc4ccccc43)cc2)CC1. The van der Waals surface area contributed by atoms with Crippen LogP contribution in [0.5, 0.6) is 0 Å². The minimum atomic E-state index is 0.0521. The zero-order valence-corrected chi connectivity index (χ0v) is 15.1. The molecule has 0 radical (unpaired) electrons. The molecule has 0 saturated carbocycles. The largest absolute Gasteiger partial charge is 0.326 e. The molecule has 27 heavy (non-hydrogen) atoms. The van der Waals surface area contributed by atoms with Gasteiger partial charge in [-0.2, -0.15) is 0 Å². The number of rotatable bonds is 4. The lowest BCUT2D eigenvalue weighted by Gasteiger charge is -2.29. The maximum absolute atomic E-state index is 12.5. The van der Waals surface area contributed by atoms with Gasteiger partial charge in [0.15, 0.2) is 0 Å². The quantitative estimate of drug-likeness (QED) is 0.728. The first kappa shape index (κ1) is 17.3. The van der Waals surface area contributed by atoms with Crippen molar-refractivity contribution < 1.29 is 4.79 Å². The third-order valence-corrected chi connectivity index (χ3v) is 5.14. The number of carbonyl (C=O) groups excluding carboxylic acids is 1. The minimum Gasteiger partial charge on any atom is -0.326 e. The van der Waals surface area contributed by atoms with Crippen molar-refractivity contribution in [3.8, 4) is 18.0 Å². The van der Waals surface area contributed by atoms with Crippen LogP contribution < -0.4 is 5.32 Å². The number of likely N-dealkylation sites (tertiary alicyclic amines) is 1. The number of aromatic nitrogens is 2. The van der Waals surface area contributed by atoms with Gasteiger partial charge in [-0.3, -0.25) is 14.3 Å². The average molecular weight is 358 g/mol. The number of amides is 1. The number of anilines is 1. The Morgan fingerprint density at radius 3 is 2.63 bits per heavy atom. The number of piperidine rings is 1. The highest BCUT2D eigenvalue weighted by Crippen LogP contribution is 2.22. The molecule has 3 aromatic rings. The van der Waals surface area contributed by atoms with Gasteiger partial charge in [-0.15, -0.1) is 6.42 Å². The van der Waals surface area contributed by atoms with Crippen molar-refractivity contribution in [3.63, 3.8) is 0 Å². The summed E-state index contributed by atoms with van der Waals surface area (Å²) in [5, 5.41) is 3.05. The van der Waals surface area contributed by atoms with E-state index in [4.69, 9.17) is 6.42 Å². The lowest BCUT2D eigenvalue weighted by molar-refractivity contribution is -0.121. The van der Waals surface area contributed by atoms with Crippen LogP contribution in [0.4, 0.5) is 5.69 Å². The van der Waals surface area contributed by atoms with E-state index in [-0.39, 0.29) is 11.8 Å². The summed E-state index contributed by atoms with van der Waals surface area (Å²) in [5.41, 5.74) is 3.86. The van der Waals surface area contributed by atoms with E-state index in [9.17, 15) is 4.79 Å². The van der Waals surface area contributed by atoms with Crippen LogP contribution in [-0.4, -0.2) is 40.0 Å².